The van der Waals surface area contributed by atoms with Crippen molar-refractivity contribution < 1.29 is 13.5 Å². The van der Waals surface area contributed by atoms with Crippen molar-refractivity contribution in [3.8, 4) is 0 Å². The van der Waals surface area contributed by atoms with E-state index in [1.165, 1.54) is 11.3 Å². The van der Waals surface area contributed by atoms with E-state index < -0.39 is 10.0 Å². The van der Waals surface area contributed by atoms with Crippen LogP contribution in [0.3, 0.4) is 0 Å². The highest BCUT2D eigenvalue weighted by atomic mass is 32.2. The number of sulfonamides is 1. The average Bonchev–Trinajstić information content (AvgIpc) is 3.11. The molecule has 21 heavy (non-hydrogen) atoms. The number of aliphatic hydroxyl groups is 1. The van der Waals surface area contributed by atoms with Crippen LogP contribution in [0.1, 0.15) is 31.1 Å². The lowest BCUT2D eigenvalue weighted by atomic mass is 10.2. The summed E-state index contributed by atoms with van der Waals surface area (Å²) in [6.45, 7) is 2.37. The summed E-state index contributed by atoms with van der Waals surface area (Å²) in [5.41, 5.74) is 0. The lowest BCUT2D eigenvalue weighted by Gasteiger charge is -2.23. The standard InChI is InChI=1S/C15H19NO3S2/c1-2-11-6-5-9-16(11)21(18,19)15-12-7-3-4-8-13(12)20-14(15)10-17/h3-4,7-8,11,17H,2,5-6,9-10H2,1H3. The Kier molecular flexibility index (Phi) is 4.05. The fraction of sp³-hybridized carbons (Fsp3) is 0.467. The zero-order valence-corrected chi connectivity index (χ0v) is 13.6. The van der Waals surface area contributed by atoms with Gasteiger partial charge in [0.25, 0.3) is 0 Å². The van der Waals surface area contributed by atoms with Gasteiger partial charge in [0.1, 0.15) is 4.90 Å². The van der Waals surface area contributed by atoms with Crippen molar-refractivity contribution in [2.75, 3.05) is 6.54 Å². The molecular weight excluding hydrogens is 306 g/mol. The number of nitrogens with zero attached hydrogens (tertiary/aromatic N) is 1. The molecular formula is C15H19NO3S2. The van der Waals surface area contributed by atoms with E-state index in [4.69, 9.17) is 0 Å². The zero-order valence-electron chi connectivity index (χ0n) is 11.9. The Morgan fingerprint density at radius 3 is 2.86 bits per heavy atom. The lowest BCUT2D eigenvalue weighted by molar-refractivity contribution is 0.282. The lowest BCUT2D eigenvalue weighted by Crippen LogP contribution is -2.35. The molecule has 4 nitrogen and oxygen atoms in total. The van der Waals surface area contributed by atoms with E-state index in [1.54, 1.807) is 4.31 Å². The molecule has 0 spiro atoms. The van der Waals surface area contributed by atoms with Crippen LogP contribution in [-0.4, -0.2) is 30.4 Å². The van der Waals surface area contributed by atoms with E-state index in [9.17, 15) is 13.5 Å². The van der Waals surface area contributed by atoms with Gasteiger partial charge in [-0.1, -0.05) is 25.1 Å². The Bertz CT molecular complexity index is 751. The third kappa shape index (κ3) is 2.40. The van der Waals surface area contributed by atoms with Gasteiger partial charge in [0.2, 0.25) is 10.0 Å². The Hall–Kier alpha value is -0.950. The summed E-state index contributed by atoms with van der Waals surface area (Å²) >= 11 is 1.36. The Balaban J connectivity index is 2.18. The van der Waals surface area contributed by atoms with Crippen LogP contribution in [0.15, 0.2) is 29.2 Å². The molecule has 1 N–H and O–H groups in total. The molecule has 0 aliphatic carbocycles. The summed E-state index contributed by atoms with van der Waals surface area (Å²) in [6, 6.07) is 7.55. The van der Waals surface area contributed by atoms with Crippen LogP contribution in [0, 0.1) is 0 Å². The molecule has 0 amide bonds. The van der Waals surface area contributed by atoms with Gasteiger partial charge in [-0.25, -0.2) is 8.42 Å². The summed E-state index contributed by atoms with van der Waals surface area (Å²) in [4.78, 5) is 0.851. The van der Waals surface area contributed by atoms with Crippen LogP contribution < -0.4 is 0 Å². The number of rotatable bonds is 4. The fourth-order valence-corrected chi connectivity index (χ4v) is 6.63. The number of hydrogen-bond donors (Lipinski definition) is 1. The monoisotopic (exact) mass is 325 g/mol. The molecule has 1 aliphatic rings. The minimum atomic E-state index is -3.54. The molecule has 1 saturated heterocycles. The second kappa shape index (κ2) is 5.68. The van der Waals surface area contributed by atoms with Gasteiger partial charge >= 0.3 is 0 Å². The molecule has 0 radical (unpaired) electrons. The number of fused-ring (bicyclic) bond motifs is 1. The third-order valence-corrected chi connectivity index (χ3v) is 7.49. The smallest absolute Gasteiger partial charge is 0.245 e. The van der Waals surface area contributed by atoms with Crippen molar-refractivity contribution in [3.05, 3.63) is 29.1 Å². The quantitative estimate of drug-likeness (QED) is 0.940. The van der Waals surface area contributed by atoms with E-state index in [1.807, 2.05) is 31.2 Å². The first-order valence-electron chi connectivity index (χ1n) is 7.22. The molecule has 0 bridgehead atoms. The third-order valence-electron chi connectivity index (χ3n) is 4.12. The maximum absolute atomic E-state index is 13.1. The van der Waals surface area contributed by atoms with Crippen molar-refractivity contribution in [1.82, 2.24) is 4.31 Å². The Morgan fingerprint density at radius 1 is 1.38 bits per heavy atom. The zero-order chi connectivity index (χ0) is 15.0. The first kappa shape index (κ1) is 15.0. The van der Waals surface area contributed by atoms with Crippen molar-refractivity contribution in [2.24, 2.45) is 0 Å². The maximum atomic E-state index is 13.1. The average molecular weight is 325 g/mol. The van der Waals surface area contributed by atoms with Crippen molar-refractivity contribution in [1.29, 1.82) is 0 Å². The van der Waals surface area contributed by atoms with Gasteiger partial charge in [-0.2, -0.15) is 4.31 Å². The molecule has 1 atom stereocenters. The topological polar surface area (TPSA) is 57.6 Å². The van der Waals surface area contributed by atoms with E-state index in [2.05, 4.69) is 0 Å². The SMILES string of the molecule is CCC1CCCN1S(=O)(=O)c1c(CO)sc2ccccc12. The van der Waals surface area contributed by atoms with Gasteiger partial charge in [0.15, 0.2) is 0 Å². The molecule has 6 heteroatoms. The predicted molar refractivity (Wildman–Crippen MR) is 85.0 cm³/mol. The molecule has 114 valence electrons. The minimum Gasteiger partial charge on any atom is -0.391 e. The number of benzene rings is 1. The van der Waals surface area contributed by atoms with Gasteiger partial charge in [-0.3, -0.25) is 0 Å². The van der Waals surface area contributed by atoms with E-state index in [0.717, 1.165) is 29.3 Å². The van der Waals surface area contributed by atoms with E-state index in [0.29, 0.717) is 16.3 Å². The summed E-state index contributed by atoms with van der Waals surface area (Å²) < 4.78 is 28.7. The minimum absolute atomic E-state index is 0.0835. The van der Waals surface area contributed by atoms with Gasteiger partial charge in [0.05, 0.1) is 11.5 Å². The van der Waals surface area contributed by atoms with Crippen LogP contribution in [0.4, 0.5) is 0 Å². The van der Waals surface area contributed by atoms with Gasteiger partial charge in [-0.15, -0.1) is 11.3 Å². The van der Waals surface area contributed by atoms with Crippen LogP contribution in [0.5, 0.6) is 0 Å². The predicted octanol–water partition coefficient (Wildman–Crippen LogP) is 2.96. The number of hydrogen-bond acceptors (Lipinski definition) is 4. The molecule has 1 unspecified atom stereocenters. The highest BCUT2D eigenvalue weighted by Gasteiger charge is 2.37. The molecule has 1 aliphatic heterocycles. The Morgan fingerprint density at radius 2 is 2.14 bits per heavy atom. The second-order valence-corrected chi connectivity index (χ2v) is 8.29. The summed E-state index contributed by atoms with van der Waals surface area (Å²) in [5.74, 6) is 0. The first-order valence-corrected chi connectivity index (χ1v) is 9.48. The van der Waals surface area contributed by atoms with Crippen LogP contribution in [0.2, 0.25) is 0 Å². The van der Waals surface area contributed by atoms with Gasteiger partial charge in [0, 0.05) is 22.7 Å². The molecule has 1 aromatic carbocycles. The van der Waals surface area contributed by atoms with Crippen LogP contribution in [0.25, 0.3) is 10.1 Å². The molecule has 2 heterocycles. The maximum Gasteiger partial charge on any atom is 0.245 e. The van der Waals surface area contributed by atoms with Crippen molar-refractivity contribution in [3.63, 3.8) is 0 Å². The van der Waals surface area contributed by atoms with E-state index >= 15 is 0 Å². The number of aliphatic hydroxyl groups excluding tert-OH is 1. The molecule has 1 fully saturated rings. The number of thiophene rings is 1. The molecule has 0 saturated carbocycles. The van der Waals surface area contributed by atoms with Crippen molar-refractivity contribution >= 4 is 31.4 Å². The molecule has 1 aromatic heterocycles. The van der Waals surface area contributed by atoms with Crippen LogP contribution in [-0.2, 0) is 16.6 Å². The summed E-state index contributed by atoms with van der Waals surface area (Å²) in [7, 11) is -3.54. The normalized spacial score (nSPS) is 20.4. The van der Waals surface area contributed by atoms with Crippen molar-refractivity contribution in [2.45, 2.75) is 43.7 Å². The summed E-state index contributed by atoms with van der Waals surface area (Å²) in [5, 5.41) is 10.3. The largest absolute Gasteiger partial charge is 0.391 e. The highest BCUT2D eigenvalue weighted by molar-refractivity contribution is 7.89. The Labute approximate surface area is 129 Å². The first-order chi connectivity index (χ1) is 10.1. The van der Waals surface area contributed by atoms with Gasteiger partial charge in [-0.05, 0) is 25.3 Å². The van der Waals surface area contributed by atoms with Crippen LogP contribution >= 0.6 is 11.3 Å². The summed E-state index contributed by atoms with van der Waals surface area (Å²) in [6.07, 6.45) is 2.66. The molecule has 2 aromatic rings. The molecule has 3 rings (SSSR count). The highest BCUT2D eigenvalue weighted by Crippen LogP contribution is 2.38. The second-order valence-electron chi connectivity index (χ2n) is 5.33. The van der Waals surface area contributed by atoms with E-state index in [-0.39, 0.29) is 12.6 Å². The fourth-order valence-electron chi connectivity index (χ4n) is 3.11. The van der Waals surface area contributed by atoms with Gasteiger partial charge < -0.3 is 5.11 Å².